The van der Waals surface area contributed by atoms with Gasteiger partial charge in [-0.3, -0.25) is 9.69 Å². The van der Waals surface area contributed by atoms with E-state index in [1.807, 2.05) is 6.07 Å². The van der Waals surface area contributed by atoms with Crippen LogP contribution in [-0.2, 0) is 9.53 Å². The van der Waals surface area contributed by atoms with E-state index in [0.717, 1.165) is 39.3 Å². The number of nitrogens with zero attached hydrogens (tertiary/aromatic N) is 1. The van der Waals surface area contributed by atoms with Crippen molar-refractivity contribution >= 4 is 18.3 Å². The summed E-state index contributed by atoms with van der Waals surface area (Å²) >= 11 is 0. The van der Waals surface area contributed by atoms with Crippen LogP contribution < -0.4 is 5.32 Å². The highest BCUT2D eigenvalue weighted by Gasteiger charge is 2.24. The van der Waals surface area contributed by atoms with E-state index in [2.05, 4.69) is 48.3 Å². The first-order chi connectivity index (χ1) is 13.7. The molecule has 2 atom stereocenters. The van der Waals surface area contributed by atoms with E-state index in [1.165, 1.54) is 44.1 Å². The molecule has 1 aliphatic heterocycles. The van der Waals surface area contributed by atoms with Crippen LogP contribution in [0, 0.1) is 0 Å². The maximum Gasteiger partial charge on any atom is 0.220 e. The fraction of sp³-hybridized carbons (Fsp3) is 0.708. The minimum absolute atomic E-state index is 0. The van der Waals surface area contributed by atoms with Crippen molar-refractivity contribution in [3.05, 3.63) is 35.9 Å². The average Bonchev–Trinajstić information content (AvgIpc) is 2.73. The summed E-state index contributed by atoms with van der Waals surface area (Å²) in [6, 6.07) is 10.7. The molecular weight excluding hydrogens is 384 g/mol. The molecular formula is C24H41ClN2O2. The van der Waals surface area contributed by atoms with Gasteiger partial charge in [-0.1, -0.05) is 82.7 Å². The molecule has 29 heavy (non-hydrogen) atoms. The molecule has 1 saturated heterocycles. The predicted octanol–water partition coefficient (Wildman–Crippen LogP) is 5.17. The summed E-state index contributed by atoms with van der Waals surface area (Å²) in [7, 11) is 0. The molecule has 2 rings (SSSR count). The van der Waals surface area contributed by atoms with Crippen LogP contribution in [-0.4, -0.2) is 49.7 Å². The molecule has 1 N–H and O–H groups in total. The SMILES string of the molecule is CCCCCCCCCC(=O)NC(CN1CCOCC1)C(C)c1ccccc1.Cl. The topological polar surface area (TPSA) is 41.6 Å². The zero-order valence-electron chi connectivity index (χ0n) is 18.4. The van der Waals surface area contributed by atoms with Crippen LogP contribution in [0.15, 0.2) is 30.3 Å². The Morgan fingerprint density at radius 2 is 1.66 bits per heavy atom. The second-order valence-electron chi connectivity index (χ2n) is 8.16. The molecule has 1 fully saturated rings. The summed E-state index contributed by atoms with van der Waals surface area (Å²) in [6.07, 6.45) is 9.33. The van der Waals surface area contributed by atoms with Crippen LogP contribution in [0.4, 0.5) is 0 Å². The quantitative estimate of drug-likeness (QED) is 0.444. The van der Waals surface area contributed by atoms with E-state index in [4.69, 9.17) is 4.74 Å². The highest BCUT2D eigenvalue weighted by atomic mass is 35.5. The van der Waals surface area contributed by atoms with E-state index in [0.29, 0.717) is 12.3 Å². The van der Waals surface area contributed by atoms with E-state index in [1.54, 1.807) is 0 Å². The van der Waals surface area contributed by atoms with Gasteiger partial charge in [0, 0.05) is 38.0 Å². The van der Waals surface area contributed by atoms with Crippen molar-refractivity contribution in [1.82, 2.24) is 10.2 Å². The van der Waals surface area contributed by atoms with Crippen LogP contribution in [0.25, 0.3) is 0 Å². The van der Waals surface area contributed by atoms with Crippen molar-refractivity contribution in [2.24, 2.45) is 0 Å². The van der Waals surface area contributed by atoms with Gasteiger partial charge in [-0.15, -0.1) is 12.4 Å². The monoisotopic (exact) mass is 424 g/mol. The number of benzene rings is 1. The zero-order valence-corrected chi connectivity index (χ0v) is 19.2. The van der Waals surface area contributed by atoms with Gasteiger partial charge in [0.15, 0.2) is 0 Å². The molecule has 4 nitrogen and oxygen atoms in total. The summed E-state index contributed by atoms with van der Waals surface area (Å²) in [5, 5.41) is 3.35. The lowest BCUT2D eigenvalue weighted by molar-refractivity contribution is -0.122. The standard InChI is InChI=1S/C24H40N2O2.ClH/c1-3-4-5-6-7-8-12-15-24(27)25-23(20-26-16-18-28-19-17-26)21(2)22-13-10-9-11-14-22;/h9-11,13-14,21,23H,3-8,12,15-20H2,1-2H3,(H,25,27);1H. The summed E-state index contributed by atoms with van der Waals surface area (Å²) in [5.41, 5.74) is 1.29. The first-order valence-electron chi connectivity index (χ1n) is 11.3. The van der Waals surface area contributed by atoms with Gasteiger partial charge in [0.2, 0.25) is 5.91 Å². The molecule has 0 bridgehead atoms. The Morgan fingerprint density at radius 3 is 2.31 bits per heavy atom. The lowest BCUT2D eigenvalue weighted by Gasteiger charge is -2.33. The Kier molecular flexibility index (Phi) is 14.0. The molecule has 1 amide bonds. The number of carbonyl (C=O) groups excluding carboxylic acids is 1. The number of unbranched alkanes of at least 4 members (excludes halogenated alkanes) is 6. The fourth-order valence-electron chi connectivity index (χ4n) is 3.90. The lowest BCUT2D eigenvalue weighted by atomic mass is 9.92. The molecule has 2 unspecified atom stereocenters. The molecule has 1 aromatic carbocycles. The normalized spacial score (nSPS) is 16.6. The van der Waals surface area contributed by atoms with Gasteiger partial charge in [0.25, 0.3) is 0 Å². The van der Waals surface area contributed by atoms with Crippen LogP contribution in [0.3, 0.4) is 0 Å². The Bertz CT molecular complexity index is 535. The number of morpholine rings is 1. The summed E-state index contributed by atoms with van der Waals surface area (Å²) in [5.74, 6) is 0.497. The maximum absolute atomic E-state index is 12.6. The third-order valence-electron chi connectivity index (χ3n) is 5.84. The number of amides is 1. The van der Waals surface area contributed by atoms with Crippen molar-refractivity contribution in [3.63, 3.8) is 0 Å². The van der Waals surface area contributed by atoms with Gasteiger partial charge in [-0.05, 0) is 12.0 Å². The Morgan fingerprint density at radius 1 is 1.03 bits per heavy atom. The third-order valence-corrected chi connectivity index (χ3v) is 5.84. The highest BCUT2D eigenvalue weighted by Crippen LogP contribution is 2.20. The van der Waals surface area contributed by atoms with Gasteiger partial charge in [0.1, 0.15) is 0 Å². The number of rotatable bonds is 13. The fourth-order valence-corrected chi connectivity index (χ4v) is 3.90. The van der Waals surface area contributed by atoms with Gasteiger partial charge >= 0.3 is 0 Å². The molecule has 0 aromatic heterocycles. The minimum Gasteiger partial charge on any atom is -0.379 e. The Hall–Kier alpha value is -1.10. The van der Waals surface area contributed by atoms with Crippen molar-refractivity contribution in [2.75, 3.05) is 32.8 Å². The second-order valence-corrected chi connectivity index (χ2v) is 8.16. The molecule has 0 saturated carbocycles. The Balaban J connectivity index is 0.00000420. The van der Waals surface area contributed by atoms with Gasteiger partial charge < -0.3 is 10.1 Å². The minimum atomic E-state index is 0. The van der Waals surface area contributed by atoms with Crippen LogP contribution in [0.1, 0.15) is 76.7 Å². The number of carbonyl (C=O) groups is 1. The lowest BCUT2D eigenvalue weighted by Crippen LogP contribution is -2.49. The average molecular weight is 425 g/mol. The van der Waals surface area contributed by atoms with Crippen molar-refractivity contribution in [2.45, 2.75) is 77.2 Å². The van der Waals surface area contributed by atoms with Gasteiger partial charge in [-0.2, -0.15) is 0 Å². The van der Waals surface area contributed by atoms with E-state index in [9.17, 15) is 4.79 Å². The van der Waals surface area contributed by atoms with Crippen LogP contribution in [0.5, 0.6) is 0 Å². The number of halogens is 1. The van der Waals surface area contributed by atoms with Crippen LogP contribution >= 0.6 is 12.4 Å². The summed E-state index contributed by atoms with van der Waals surface area (Å²) < 4.78 is 5.48. The molecule has 0 spiro atoms. The number of nitrogens with one attached hydrogen (secondary N) is 1. The number of hydrogen-bond donors (Lipinski definition) is 1. The molecule has 166 valence electrons. The van der Waals surface area contributed by atoms with Gasteiger partial charge in [-0.25, -0.2) is 0 Å². The van der Waals surface area contributed by atoms with Crippen LogP contribution in [0.2, 0.25) is 0 Å². The third kappa shape index (κ3) is 10.5. The number of ether oxygens (including phenoxy) is 1. The van der Waals surface area contributed by atoms with E-state index < -0.39 is 0 Å². The van der Waals surface area contributed by atoms with E-state index in [-0.39, 0.29) is 24.4 Å². The first kappa shape index (κ1) is 25.9. The molecule has 0 radical (unpaired) electrons. The molecule has 1 aromatic rings. The molecule has 0 aliphatic carbocycles. The Labute approximate surface area is 184 Å². The number of hydrogen-bond acceptors (Lipinski definition) is 3. The maximum atomic E-state index is 12.6. The predicted molar refractivity (Wildman–Crippen MR) is 124 cm³/mol. The summed E-state index contributed by atoms with van der Waals surface area (Å²) in [6.45, 7) is 8.85. The van der Waals surface area contributed by atoms with Crippen molar-refractivity contribution in [3.8, 4) is 0 Å². The highest BCUT2D eigenvalue weighted by molar-refractivity contribution is 5.85. The van der Waals surface area contributed by atoms with E-state index >= 15 is 0 Å². The molecule has 1 heterocycles. The van der Waals surface area contributed by atoms with Crippen molar-refractivity contribution in [1.29, 1.82) is 0 Å². The first-order valence-corrected chi connectivity index (χ1v) is 11.3. The summed E-state index contributed by atoms with van der Waals surface area (Å²) in [4.78, 5) is 15.0. The second kappa shape index (κ2) is 15.7. The van der Waals surface area contributed by atoms with Crippen molar-refractivity contribution < 1.29 is 9.53 Å². The largest absolute Gasteiger partial charge is 0.379 e. The molecule has 1 aliphatic rings. The smallest absolute Gasteiger partial charge is 0.220 e. The van der Waals surface area contributed by atoms with Gasteiger partial charge in [0.05, 0.1) is 13.2 Å². The zero-order chi connectivity index (χ0) is 20.0. The molecule has 5 heteroatoms.